The molecule has 0 aromatic rings. The first-order valence-electron chi connectivity index (χ1n) is 4.46. The highest BCUT2D eigenvalue weighted by molar-refractivity contribution is 4.70. The summed E-state index contributed by atoms with van der Waals surface area (Å²) in [5.41, 5.74) is 0. The predicted molar refractivity (Wildman–Crippen MR) is 41.7 cm³/mol. The lowest BCUT2D eigenvalue weighted by Gasteiger charge is -2.25. The molecule has 1 saturated carbocycles. The van der Waals surface area contributed by atoms with E-state index < -0.39 is 6.43 Å². The third-order valence-electron chi connectivity index (χ3n) is 2.65. The Morgan fingerprint density at radius 2 is 1.73 bits per heavy atom. The first-order chi connectivity index (χ1) is 5.18. The summed E-state index contributed by atoms with van der Waals surface area (Å²) in [6.07, 6.45) is 2.38. The molecular formula is C9H16F2. The fraction of sp³-hybridized carbons (Fsp3) is 1.00. The minimum Gasteiger partial charge on any atom is -0.211 e. The fourth-order valence-corrected chi connectivity index (χ4v) is 1.82. The molecule has 0 heterocycles. The molecule has 1 aliphatic rings. The van der Waals surface area contributed by atoms with Crippen molar-refractivity contribution in [3.8, 4) is 0 Å². The predicted octanol–water partition coefficient (Wildman–Crippen LogP) is 3.47. The van der Waals surface area contributed by atoms with Crippen LogP contribution in [0.3, 0.4) is 0 Å². The van der Waals surface area contributed by atoms with Gasteiger partial charge in [0.15, 0.2) is 0 Å². The normalized spacial score (nSPS) is 32.7. The highest BCUT2D eigenvalue weighted by Gasteiger charge is 2.20. The van der Waals surface area contributed by atoms with Gasteiger partial charge in [0.2, 0.25) is 6.43 Å². The van der Waals surface area contributed by atoms with Crippen LogP contribution in [0.1, 0.15) is 39.0 Å². The maximum atomic E-state index is 11.9. The number of alkyl halides is 2. The van der Waals surface area contributed by atoms with Crippen LogP contribution >= 0.6 is 0 Å². The van der Waals surface area contributed by atoms with Crippen molar-refractivity contribution >= 4 is 0 Å². The van der Waals surface area contributed by atoms with Crippen molar-refractivity contribution in [3.63, 3.8) is 0 Å². The summed E-state index contributed by atoms with van der Waals surface area (Å²) in [5.74, 6) is 1.08. The molecule has 1 aliphatic carbocycles. The average Bonchev–Trinajstić information content (AvgIpc) is 1.93. The van der Waals surface area contributed by atoms with Gasteiger partial charge in [-0.3, -0.25) is 0 Å². The van der Waals surface area contributed by atoms with Crippen LogP contribution in [-0.4, -0.2) is 6.43 Å². The van der Waals surface area contributed by atoms with E-state index in [4.69, 9.17) is 0 Å². The molecule has 1 fully saturated rings. The Bertz CT molecular complexity index is 104. The van der Waals surface area contributed by atoms with Gasteiger partial charge < -0.3 is 0 Å². The van der Waals surface area contributed by atoms with Gasteiger partial charge in [-0.15, -0.1) is 0 Å². The van der Waals surface area contributed by atoms with Crippen LogP contribution in [0.4, 0.5) is 8.78 Å². The molecule has 0 amide bonds. The Morgan fingerprint density at radius 1 is 1.18 bits per heavy atom. The molecule has 2 heteroatoms. The number of rotatable bonds is 2. The molecule has 0 nitrogen and oxygen atoms in total. The third kappa shape index (κ3) is 3.17. The van der Waals surface area contributed by atoms with E-state index in [0.29, 0.717) is 5.92 Å². The Balaban J connectivity index is 2.17. The van der Waals surface area contributed by atoms with Crippen LogP contribution in [0.2, 0.25) is 0 Å². The van der Waals surface area contributed by atoms with Gasteiger partial charge in [0.1, 0.15) is 0 Å². The van der Waals surface area contributed by atoms with E-state index in [0.717, 1.165) is 31.6 Å². The van der Waals surface area contributed by atoms with Gasteiger partial charge in [0.05, 0.1) is 0 Å². The lowest BCUT2D eigenvalue weighted by molar-refractivity contribution is 0.0987. The summed E-state index contributed by atoms with van der Waals surface area (Å²) in [5, 5.41) is 0. The van der Waals surface area contributed by atoms with Gasteiger partial charge in [-0.25, -0.2) is 8.78 Å². The summed E-state index contributed by atoms with van der Waals surface area (Å²) in [4.78, 5) is 0. The Labute approximate surface area is 67.0 Å². The average molecular weight is 162 g/mol. The largest absolute Gasteiger partial charge is 0.238 e. The van der Waals surface area contributed by atoms with Crippen LogP contribution < -0.4 is 0 Å². The van der Waals surface area contributed by atoms with Gasteiger partial charge in [0, 0.05) is 6.42 Å². The first-order valence-corrected chi connectivity index (χ1v) is 4.46. The zero-order valence-corrected chi connectivity index (χ0v) is 7.02. The monoisotopic (exact) mass is 162 g/mol. The molecule has 0 aromatic carbocycles. The molecule has 0 unspecified atom stereocenters. The number of halogens is 2. The van der Waals surface area contributed by atoms with Gasteiger partial charge >= 0.3 is 0 Å². The molecule has 0 saturated heterocycles. The van der Waals surface area contributed by atoms with E-state index >= 15 is 0 Å². The van der Waals surface area contributed by atoms with Crippen LogP contribution in [0.15, 0.2) is 0 Å². The topological polar surface area (TPSA) is 0 Å². The van der Waals surface area contributed by atoms with Crippen LogP contribution in [-0.2, 0) is 0 Å². The van der Waals surface area contributed by atoms with E-state index in [-0.39, 0.29) is 6.42 Å². The van der Waals surface area contributed by atoms with Crippen molar-refractivity contribution in [2.24, 2.45) is 11.8 Å². The van der Waals surface area contributed by atoms with Crippen molar-refractivity contribution in [1.82, 2.24) is 0 Å². The molecule has 0 aromatic heterocycles. The number of hydrogen-bond donors (Lipinski definition) is 0. The second-order valence-corrected chi connectivity index (χ2v) is 3.75. The molecule has 0 bridgehead atoms. The Hall–Kier alpha value is -0.140. The highest BCUT2D eigenvalue weighted by Crippen LogP contribution is 2.31. The van der Waals surface area contributed by atoms with Crippen molar-refractivity contribution < 1.29 is 8.78 Å². The Kier molecular flexibility index (Phi) is 3.28. The van der Waals surface area contributed by atoms with Gasteiger partial charge in [-0.1, -0.05) is 19.8 Å². The third-order valence-corrected chi connectivity index (χ3v) is 2.65. The van der Waals surface area contributed by atoms with E-state index in [2.05, 4.69) is 6.92 Å². The van der Waals surface area contributed by atoms with E-state index in [1.807, 2.05) is 0 Å². The second kappa shape index (κ2) is 4.03. The minimum atomic E-state index is -2.09. The van der Waals surface area contributed by atoms with Crippen LogP contribution in [0, 0.1) is 11.8 Å². The zero-order valence-electron chi connectivity index (χ0n) is 7.02. The fourth-order valence-electron chi connectivity index (χ4n) is 1.82. The van der Waals surface area contributed by atoms with E-state index in [1.54, 1.807) is 0 Å². The van der Waals surface area contributed by atoms with Crippen molar-refractivity contribution in [2.45, 2.75) is 45.5 Å². The van der Waals surface area contributed by atoms with E-state index in [9.17, 15) is 8.78 Å². The molecule has 0 aliphatic heterocycles. The second-order valence-electron chi connectivity index (χ2n) is 3.75. The van der Waals surface area contributed by atoms with Crippen molar-refractivity contribution in [2.75, 3.05) is 0 Å². The van der Waals surface area contributed by atoms with Gasteiger partial charge in [0.25, 0.3) is 0 Å². The van der Waals surface area contributed by atoms with Crippen molar-refractivity contribution in [3.05, 3.63) is 0 Å². The molecule has 66 valence electrons. The molecule has 0 N–H and O–H groups in total. The lowest BCUT2D eigenvalue weighted by Crippen LogP contribution is -2.14. The highest BCUT2D eigenvalue weighted by atomic mass is 19.3. The molecule has 0 spiro atoms. The van der Waals surface area contributed by atoms with Gasteiger partial charge in [-0.05, 0) is 24.7 Å². The minimum absolute atomic E-state index is 0.132. The first kappa shape index (κ1) is 8.95. The number of hydrogen-bond acceptors (Lipinski definition) is 0. The maximum Gasteiger partial charge on any atom is 0.238 e. The molecule has 0 atom stereocenters. The summed E-state index contributed by atoms with van der Waals surface area (Å²) in [7, 11) is 0. The van der Waals surface area contributed by atoms with Crippen LogP contribution in [0.5, 0.6) is 0 Å². The SMILES string of the molecule is CC1CCC(CC(F)F)CC1. The molecule has 11 heavy (non-hydrogen) atoms. The molecular weight excluding hydrogens is 146 g/mol. The standard InChI is InChI=1S/C9H16F2/c1-7-2-4-8(5-3-7)6-9(10)11/h7-9H,2-6H2,1H3. The van der Waals surface area contributed by atoms with Crippen LogP contribution in [0.25, 0.3) is 0 Å². The van der Waals surface area contributed by atoms with Gasteiger partial charge in [-0.2, -0.15) is 0 Å². The van der Waals surface area contributed by atoms with E-state index in [1.165, 1.54) is 0 Å². The molecule has 1 rings (SSSR count). The smallest absolute Gasteiger partial charge is 0.211 e. The molecule has 0 radical (unpaired) electrons. The Morgan fingerprint density at radius 3 is 2.18 bits per heavy atom. The summed E-state index contributed by atoms with van der Waals surface area (Å²) in [6, 6.07) is 0. The quantitative estimate of drug-likeness (QED) is 0.583. The maximum absolute atomic E-state index is 11.9. The summed E-state index contributed by atoms with van der Waals surface area (Å²) in [6.45, 7) is 2.21. The summed E-state index contributed by atoms with van der Waals surface area (Å²) < 4.78 is 23.8. The van der Waals surface area contributed by atoms with Crippen molar-refractivity contribution in [1.29, 1.82) is 0 Å². The zero-order chi connectivity index (χ0) is 8.27. The summed E-state index contributed by atoms with van der Waals surface area (Å²) >= 11 is 0. The lowest BCUT2D eigenvalue weighted by atomic mass is 9.81.